The fourth-order valence-electron chi connectivity index (χ4n) is 1.55. The molecule has 0 aromatic carbocycles. The van der Waals surface area contributed by atoms with Gasteiger partial charge in [0, 0.05) is 23.8 Å². The first-order chi connectivity index (χ1) is 10.3. The summed E-state index contributed by atoms with van der Waals surface area (Å²) in [6.07, 6.45) is 5.44. The van der Waals surface area contributed by atoms with Crippen LogP contribution in [0.2, 0.25) is 0 Å². The van der Waals surface area contributed by atoms with Crippen LogP contribution < -0.4 is 5.43 Å². The molecule has 0 aliphatic heterocycles. The number of thioether (sulfide) groups is 1. The Morgan fingerprint density at radius 3 is 2.05 bits per heavy atom. The van der Waals surface area contributed by atoms with Crippen molar-refractivity contribution in [3.05, 3.63) is 65.6 Å². The summed E-state index contributed by atoms with van der Waals surface area (Å²) in [5.41, 5.74) is 9.08. The van der Waals surface area contributed by atoms with Gasteiger partial charge in [-0.1, -0.05) is 16.8 Å². The molecule has 2 heterocycles. The van der Waals surface area contributed by atoms with Gasteiger partial charge in [-0.3, -0.25) is 9.97 Å². The molecular formula is C13H14ClCuN4S2-2. The quantitative estimate of drug-likeness (QED) is 0.356. The van der Waals surface area contributed by atoms with Gasteiger partial charge in [0.1, 0.15) is 0 Å². The van der Waals surface area contributed by atoms with Gasteiger partial charge in [0.05, 0.1) is 0 Å². The summed E-state index contributed by atoms with van der Waals surface area (Å²) < 4.78 is -0.157. The Labute approximate surface area is 147 Å². The van der Waals surface area contributed by atoms with Gasteiger partial charge in [-0.2, -0.15) is 11.8 Å². The van der Waals surface area contributed by atoms with E-state index in [1.807, 2.05) is 42.7 Å². The van der Waals surface area contributed by atoms with Crippen molar-refractivity contribution in [1.29, 1.82) is 0 Å². The van der Waals surface area contributed by atoms with E-state index in [-0.39, 0.29) is 10.7 Å². The molecule has 0 bridgehead atoms. The van der Waals surface area contributed by atoms with E-state index >= 15 is 0 Å². The van der Waals surface area contributed by atoms with Gasteiger partial charge < -0.3 is 23.5 Å². The van der Waals surface area contributed by atoms with E-state index in [2.05, 4.69) is 46.0 Å². The van der Waals surface area contributed by atoms with Crippen LogP contribution in [0.5, 0.6) is 0 Å². The Bertz CT molecular complexity index is 453. The van der Waals surface area contributed by atoms with Crippen LogP contribution in [0, 0.1) is 0 Å². The molecule has 4 nitrogen and oxygen atoms in total. The van der Waals surface area contributed by atoms with Crippen LogP contribution in [-0.4, -0.2) is 20.9 Å². The molecule has 8 heteroatoms. The van der Waals surface area contributed by atoms with Crippen LogP contribution >= 0.6 is 21.9 Å². The molecule has 1 N–H and O–H groups in total. The molecular weight excluding hydrogens is 375 g/mol. The number of hydrogen-bond acceptors (Lipinski definition) is 5. The van der Waals surface area contributed by atoms with Crippen molar-refractivity contribution < 1.29 is 15.1 Å². The minimum atomic E-state index is -0.250. The third kappa shape index (κ3) is 6.57. The van der Waals surface area contributed by atoms with Crippen molar-refractivity contribution in [2.75, 3.05) is 6.26 Å². The van der Waals surface area contributed by atoms with Gasteiger partial charge in [0.2, 0.25) is 0 Å². The number of nitrogens with zero attached hydrogens (tertiary/aromatic N) is 3. The first kappa shape index (κ1) is 18.8. The van der Waals surface area contributed by atoms with Crippen molar-refractivity contribution in [2.24, 2.45) is 0 Å². The van der Waals surface area contributed by atoms with Gasteiger partial charge in [-0.15, -0.1) is 0 Å². The molecule has 0 radical (unpaired) electrons. The third-order valence-corrected chi connectivity index (χ3v) is 3.68. The van der Waals surface area contributed by atoms with Crippen LogP contribution in [0.25, 0.3) is 5.43 Å². The topological polar surface area (TPSA) is 51.9 Å². The third-order valence-electron chi connectivity index (χ3n) is 2.46. The van der Waals surface area contributed by atoms with Crippen molar-refractivity contribution in [3.8, 4) is 0 Å². The summed E-state index contributed by atoms with van der Waals surface area (Å²) in [4.78, 5) is 8.69. The Kier molecular flexibility index (Phi) is 10.1. The fourth-order valence-corrected chi connectivity index (χ4v) is 1.77. The zero-order chi connectivity index (χ0) is 15.5. The Balaban J connectivity index is 0.00000106. The molecule has 1 unspecified atom stereocenters. The fraction of sp³-hybridized carbons (Fsp3) is 0.231. The summed E-state index contributed by atoms with van der Waals surface area (Å²) in [6.45, 7) is 0. The van der Waals surface area contributed by atoms with E-state index in [0.717, 1.165) is 11.4 Å². The van der Waals surface area contributed by atoms with E-state index in [0.29, 0.717) is 0 Å². The van der Waals surface area contributed by atoms with Crippen LogP contribution in [-0.2, 0) is 27.7 Å². The van der Waals surface area contributed by atoms with E-state index in [9.17, 15) is 0 Å². The maximum atomic E-state index is 5.17. The Hall–Kier alpha value is -0.271. The molecule has 0 aliphatic carbocycles. The van der Waals surface area contributed by atoms with Crippen molar-refractivity contribution in [1.82, 2.24) is 15.4 Å². The second kappa shape index (κ2) is 11.3. The van der Waals surface area contributed by atoms with Crippen LogP contribution in [0.3, 0.4) is 0 Å². The van der Waals surface area contributed by atoms with Crippen LogP contribution in [0.4, 0.5) is 0 Å². The monoisotopic (exact) mass is 388 g/mol. The molecule has 21 heavy (non-hydrogen) atoms. The number of nitrogens with one attached hydrogen (secondary N) is 1. The molecule has 0 fully saturated rings. The number of hydrogen-bond donors (Lipinski definition) is 1. The van der Waals surface area contributed by atoms with E-state index in [1.54, 1.807) is 12.4 Å². The zero-order valence-corrected chi connectivity index (χ0v) is 14.4. The SMILES string of the molecule is CSC([S-])N[N-]C(c1ccccn1)c1ccccn1.[Cl][Cu]. The average Bonchev–Trinajstić information content (AvgIpc) is 2.58. The minimum absolute atomic E-state index is 0.157. The Morgan fingerprint density at radius 1 is 1.14 bits per heavy atom. The molecule has 1 atom stereocenters. The molecule has 2 aromatic heterocycles. The molecule has 0 saturated carbocycles. The number of halogens is 1. The first-order valence-corrected chi connectivity index (χ1v) is 8.94. The summed E-state index contributed by atoms with van der Waals surface area (Å²) in [6, 6.07) is 11.2. The summed E-state index contributed by atoms with van der Waals surface area (Å²) in [5.74, 6) is 0. The molecule has 0 saturated heterocycles. The maximum absolute atomic E-state index is 5.17. The molecule has 118 valence electrons. The predicted molar refractivity (Wildman–Crippen MR) is 87.3 cm³/mol. The van der Waals surface area contributed by atoms with Crippen LogP contribution in [0.15, 0.2) is 48.8 Å². The normalized spacial score (nSPS) is 11.7. The van der Waals surface area contributed by atoms with Crippen molar-refractivity contribution >= 4 is 34.5 Å². The second-order valence-corrected chi connectivity index (χ2v) is 5.45. The number of rotatable bonds is 6. The predicted octanol–water partition coefficient (Wildman–Crippen LogP) is 3.32. The average molecular weight is 389 g/mol. The Morgan fingerprint density at radius 2 is 1.67 bits per heavy atom. The second-order valence-electron chi connectivity index (χ2n) is 3.74. The standard InChI is InChI=1S/C13H15N4S2.ClH.Cu/c1-19-13(18)17-16-12(10-6-2-4-8-14-10)11-7-3-5-9-15-11;;/h2-9,12-13,17-18H,1H3;1H;/q-1;;+1/p-2. The van der Waals surface area contributed by atoms with Crippen LogP contribution in [0.1, 0.15) is 17.4 Å². The van der Waals surface area contributed by atoms with Gasteiger partial charge in [0.25, 0.3) is 0 Å². The summed E-state index contributed by atoms with van der Waals surface area (Å²) in [7, 11) is 4.20. The molecule has 0 spiro atoms. The van der Waals surface area contributed by atoms with Crippen molar-refractivity contribution in [3.63, 3.8) is 0 Å². The van der Waals surface area contributed by atoms with Gasteiger partial charge in [-0.05, 0) is 36.6 Å². The zero-order valence-electron chi connectivity index (χ0n) is 11.1. The first-order valence-electron chi connectivity index (χ1n) is 5.88. The van der Waals surface area contributed by atoms with E-state index in [1.165, 1.54) is 11.8 Å². The molecule has 2 rings (SSSR count). The number of pyridine rings is 2. The summed E-state index contributed by atoms with van der Waals surface area (Å²) >= 11 is 10.4. The van der Waals surface area contributed by atoms with Gasteiger partial charge in [0.15, 0.2) is 0 Å². The molecule has 2 aromatic rings. The van der Waals surface area contributed by atoms with E-state index < -0.39 is 0 Å². The van der Waals surface area contributed by atoms with Gasteiger partial charge in [-0.25, -0.2) is 0 Å². The van der Waals surface area contributed by atoms with Gasteiger partial charge >= 0.3 is 25.2 Å². The summed E-state index contributed by atoms with van der Waals surface area (Å²) in [5, 5.41) is 0. The van der Waals surface area contributed by atoms with Crippen molar-refractivity contribution in [2.45, 2.75) is 10.7 Å². The molecule has 0 aliphatic rings. The number of aromatic nitrogens is 2. The molecule has 0 amide bonds. The van der Waals surface area contributed by atoms with E-state index in [4.69, 9.17) is 12.6 Å².